The van der Waals surface area contributed by atoms with Crippen molar-refractivity contribution < 1.29 is 19.2 Å². The first kappa shape index (κ1) is 23.9. The normalized spacial score (nSPS) is 14.5. The highest BCUT2D eigenvalue weighted by Crippen LogP contribution is 2.20. The Kier molecular flexibility index (Phi) is 8.94. The number of nitrogens with zero attached hydrogens (tertiary/aromatic N) is 2. The van der Waals surface area contributed by atoms with Gasteiger partial charge in [-0.15, -0.1) is 0 Å². The van der Waals surface area contributed by atoms with Gasteiger partial charge in [-0.25, -0.2) is 9.79 Å². The molecule has 0 saturated heterocycles. The van der Waals surface area contributed by atoms with Crippen molar-refractivity contribution in [1.29, 1.82) is 0 Å². The van der Waals surface area contributed by atoms with Gasteiger partial charge in [-0.3, -0.25) is 10.1 Å². The summed E-state index contributed by atoms with van der Waals surface area (Å²) in [4.78, 5) is 26.6. The number of nitro groups is 1. The first-order valence-corrected chi connectivity index (χ1v) is 11.2. The van der Waals surface area contributed by atoms with E-state index in [1.54, 1.807) is 30.4 Å². The molecule has 172 valence electrons. The van der Waals surface area contributed by atoms with Crippen molar-refractivity contribution in [2.45, 2.75) is 45.4 Å². The van der Waals surface area contributed by atoms with E-state index < -0.39 is 10.9 Å². The molecule has 1 heterocycles. The van der Waals surface area contributed by atoms with Gasteiger partial charge in [0, 0.05) is 18.2 Å². The minimum Gasteiger partial charge on any atom is -0.494 e. The standard InChI is InChI=1S/C26H28N2O5/c1-2-3-4-5-6-7-18-32-23-15-10-21(11-16-23)19-24-26(29)33-25(27-24)17-12-20-8-13-22(14-9-20)28(30)31/h8-17,19H,2-7,18H2,1H3/b17-12+,24-19+. The van der Waals surface area contributed by atoms with Crippen LogP contribution in [0, 0.1) is 10.1 Å². The highest BCUT2D eigenvalue weighted by atomic mass is 16.6. The highest BCUT2D eigenvalue weighted by Gasteiger charge is 2.21. The molecule has 7 nitrogen and oxygen atoms in total. The monoisotopic (exact) mass is 448 g/mol. The van der Waals surface area contributed by atoms with Gasteiger partial charge in [-0.1, -0.05) is 51.2 Å². The van der Waals surface area contributed by atoms with Crippen LogP contribution in [0.3, 0.4) is 0 Å². The lowest BCUT2D eigenvalue weighted by Gasteiger charge is -2.06. The fraction of sp³-hybridized carbons (Fsp3) is 0.308. The Morgan fingerprint density at radius 1 is 0.939 bits per heavy atom. The third-order valence-electron chi connectivity index (χ3n) is 5.11. The van der Waals surface area contributed by atoms with Gasteiger partial charge in [0.05, 0.1) is 11.5 Å². The van der Waals surface area contributed by atoms with Crippen LogP contribution in [0.5, 0.6) is 5.75 Å². The van der Waals surface area contributed by atoms with Crippen molar-refractivity contribution in [1.82, 2.24) is 0 Å². The summed E-state index contributed by atoms with van der Waals surface area (Å²) in [6, 6.07) is 13.5. The minimum atomic E-state index is -0.526. The topological polar surface area (TPSA) is 91.0 Å². The Hall–Kier alpha value is -3.74. The van der Waals surface area contributed by atoms with Crippen LogP contribution in [0.1, 0.15) is 56.6 Å². The fourth-order valence-corrected chi connectivity index (χ4v) is 3.26. The SMILES string of the molecule is CCCCCCCCOc1ccc(/C=C2N=C(/C=C/c3ccc([N+](=O)[O-])cc3)OC/2=O)cc1. The average Bonchev–Trinajstić information content (AvgIpc) is 3.17. The van der Waals surface area contributed by atoms with Crippen LogP contribution in [0.2, 0.25) is 0 Å². The molecule has 7 heteroatoms. The molecule has 0 amide bonds. The molecule has 3 rings (SSSR count). The summed E-state index contributed by atoms with van der Waals surface area (Å²) in [6.07, 6.45) is 12.2. The summed E-state index contributed by atoms with van der Waals surface area (Å²) in [5, 5.41) is 10.7. The molecule has 0 bridgehead atoms. The van der Waals surface area contributed by atoms with Gasteiger partial charge >= 0.3 is 5.97 Å². The summed E-state index contributed by atoms with van der Waals surface area (Å²) >= 11 is 0. The van der Waals surface area contributed by atoms with Crippen molar-refractivity contribution in [2.75, 3.05) is 6.61 Å². The van der Waals surface area contributed by atoms with Crippen molar-refractivity contribution in [3.05, 3.63) is 81.5 Å². The number of hydrogen-bond donors (Lipinski definition) is 0. The van der Waals surface area contributed by atoms with E-state index in [0.717, 1.165) is 23.3 Å². The van der Waals surface area contributed by atoms with E-state index in [0.29, 0.717) is 6.61 Å². The molecule has 0 atom stereocenters. The zero-order valence-electron chi connectivity index (χ0n) is 18.7. The average molecular weight is 449 g/mol. The molecule has 0 spiro atoms. The maximum Gasteiger partial charge on any atom is 0.363 e. The first-order chi connectivity index (χ1) is 16.0. The van der Waals surface area contributed by atoms with Crippen LogP contribution in [-0.4, -0.2) is 23.4 Å². The smallest absolute Gasteiger partial charge is 0.363 e. The second kappa shape index (κ2) is 12.3. The van der Waals surface area contributed by atoms with E-state index in [-0.39, 0.29) is 17.3 Å². The van der Waals surface area contributed by atoms with E-state index in [9.17, 15) is 14.9 Å². The molecule has 0 aromatic heterocycles. The van der Waals surface area contributed by atoms with Gasteiger partial charge in [0.15, 0.2) is 5.70 Å². The summed E-state index contributed by atoms with van der Waals surface area (Å²) in [5.74, 6) is 0.445. The maximum atomic E-state index is 12.1. The second-order valence-corrected chi connectivity index (χ2v) is 7.74. The second-order valence-electron chi connectivity index (χ2n) is 7.74. The Labute approximate surface area is 193 Å². The third-order valence-corrected chi connectivity index (χ3v) is 5.11. The lowest BCUT2D eigenvalue weighted by molar-refractivity contribution is -0.384. The zero-order chi connectivity index (χ0) is 23.5. The van der Waals surface area contributed by atoms with Crippen molar-refractivity contribution in [2.24, 2.45) is 4.99 Å². The number of cyclic esters (lactones) is 1. The number of non-ortho nitro benzene ring substituents is 1. The third kappa shape index (κ3) is 7.71. The molecule has 0 saturated carbocycles. The molecule has 1 aliphatic heterocycles. The predicted molar refractivity (Wildman–Crippen MR) is 129 cm³/mol. The Balaban J connectivity index is 1.52. The number of esters is 1. The Morgan fingerprint density at radius 2 is 1.61 bits per heavy atom. The van der Waals surface area contributed by atoms with E-state index in [1.807, 2.05) is 24.3 Å². The fourth-order valence-electron chi connectivity index (χ4n) is 3.26. The molecule has 1 aliphatic rings. The molecule has 0 unspecified atom stereocenters. The van der Waals surface area contributed by atoms with E-state index in [4.69, 9.17) is 9.47 Å². The van der Waals surface area contributed by atoms with E-state index in [1.165, 1.54) is 44.2 Å². The number of unbranched alkanes of at least 4 members (excludes halogenated alkanes) is 5. The molecule has 33 heavy (non-hydrogen) atoms. The molecule has 0 N–H and O–H groups in total. The Bertz CT molecular complexity index is 1040. The van der Waals surface area contributed by atoms with Gasteiger partial charge in [0.25, 0.3) is 5.69 Å². The van der Waals surface area contributed by atoms with Crippen LogP contribution in [-0.2, 0) is 9.53 Å². The van der Waals surface area contributed by atoms with Crippen LogP contribution in [0.15, 0.2) is 65.3 Å². The van der Waals surface area contributed by atoms with Gasteiger partial charge in [0.1, 0.15) is 5.75 Å². The number of rotatable bonds is 12. The number of hydrogen-bond acceptors (Lipinski definition) is 6. The van der Waals surface area contributed by atoms with Gasteiger partial charge < -0.3 is 9.47 Å². The van der Waals surface area contributed by atoms with Crippen LogP contribution in [0.25, 0.3) is 12.2 Å². The quantitative estimate of drug-likeness (QED) is 0.124. The molecular formula is C26H28N2O5. The zero-order valence-corrected chi connectivity index (χ0v) is 18.7. The van der Waals surface area contributed by atoms with Crippen molar-refractivity contribution in [3.8, 4) is 5.75 Å². The number of benzene rings is 2. The predicted octanol–water partition coefficient (Wildman–Crippen LogP) is 6.34. The number of aliphatic imine (C=N–C) groups is 1. The molecule has 0 fully saturated rings. The van der Waals surface area contributed by atoms with Crippen LogP contribution < -0.4 is 4.74 Å². The summed E-state index contributed by atoms with van der Waals surface area (Å²) in [7, 11) is 0. The molecule has 0 radical (unpaired) electrons. The van der Waals surface area contributed by atoms with Gasteiger partial charge in [-0.05, 0) is 54.0 Å². The minimum absolute atomic E-state index is 0.0147. The molecule has 2 aromatic rings. The first-order valence-electron chi connectivity index (χ1n) is 11.2. The van der Waals surface area contributed by atoms with Crippen LogP contribution in [0.4, 0.5) is 5.69 Å². The van der Waals surface area contributed by atoms with E-state index in [2.05, 4.69) is 11.9 Å². The van der Waals surface area contributed by atoms with Gasteiger partial charge in [-0.2, -0.15) is 0 Å². The number of carbonyl (C=O) groups is 1. The number of ether oxygens (including phenoxy) is 2. The lowest BCUT2D eigenvalue weighted by Crippen LogP contribution is -2.01. The summed E-state index contributed by atoms with van der Waals surface area (Å²) in [6.45, 7) is 2.92. The summed E-state index contributed by atoms with van der Waals surface area (Å²) in [5.41, 5.74) is 1.77. The van der Waals surface area contributed by atoms with E-state index >= 15 is 0 Å². The molecule has 2 aromatic carbocycles. The Morgan fingerprint density at radius 3 is 2.30 bits per heavy atom. The molecular weight excluding hydrogens is 420 g/mol. The largest absolute Gasteiger partial charge is 0.494 e. The van der Waals surface area contributed by atoms with Crippen molar-refractivity contribution >= 4 is 29.7 Å². The van der Waals surface area contributed by atoms with Crippen molar-refractivity contribution in [3.63, 3.8) is 0 Å². The number of carbonyl (C=O) groups excluding carboxylic acids is 1. The molecule has 0 aliphatic carbocycles. The highest BCUT2D eigenvalue weighted by molar-refractivity contribution is 6.11. The summed E-state index contributed by atoms with van der Waals surface area (Å²) < 4.78 is 11.0. The number of nitro benzene ring substituents is 1. The van der Waals surface area contributed by atoms with Crippen LogP contribution >= 0.6 is 0 Å². The lowest BCUT2D eigenvalue weighted by atomic mass is 10.1. The maximum absolute atomic E-state index is 12.1. The van der Waals surface area contributed by atoms with Gasteiger partial charge in [0.2, 0.25) is 5.90 Å².